The van der Waals surface area contributed by atoms with Gasteiger partial charge in [-0.2, -0.15) is 5.10 Å². The first-order valence-corrected chi connectivity index (χ1v) is 5.31. The van der Waals surface area contributed by atoms with E-state index in [9.17, 15) is 4.79 Å². The Labute approximate surface area is 94.5 Å². The SMILES string of the molecule is CC(C(=O)N(C)Cc1cn[nH]c1)=C1CNC1. The van der Waals surface area contributed by atoms with Crippen LogP contribution in [0, 0.1) is 0 Å². The van der Waals surface area contributed by atoms with Gasteiger partial charge in [0, 0.05) is 44.0 Å². The van der Waals surface area contributed by atoms with Crippen LogP contribution in [0.15, 0.2) is 23.5 Å². The topological polar surface area (TPSA) is 61.0 Å². The molecule has 1 aliphatic rings. The highest BCUT2D eigenvalue weighted by Crippen LogP contribution is 2.12. The minimum atomic E-state index is 0.0951. The molecule has 0 atom stereocenters. The Morgan fingerprint density at radius 3 is 2.81 bits per heavy atom. The van der Waals surface area contributed by atoms with Crippen LogP contribution in [0.25, 0.3) is 0 Å². The Kier molecular flexibility index (Phi) is 3.05. The van der Waals surface area contributed by atoms with E-state index in [0.717, 1.165) is 24.2 Å². The summed E-state index contributed by atoms with van der Waals surface area (Å²) in [6, 6.07) is 0. The van der Waals surface area contributed by atoms with E-state index in [1.165, 1.54) is 5.57 Å². The summed E-state index contributed by atoms with van der Waals surface area (Å²) < 4.78 is 0. The molecule has 1 saturated heterocycles. The molecule has 1 amide bonds. The van der Waals surface area contributed by atoms with Crippen molar-refractivity contribution < 1.29 is 4.79 Å². The molecule has 2 N–H and O–H groups in total. The van der Waals surface area contributed by atoms with Crippen LogP contribution in [-0.2, 0) is 11.3 Å². The van der Waals surface area contributed by atoms with Gasteiger partial charge in [-0.05, 0) is 12.5 Å². The van der Waals surface area contributed by atoms with Crippen molar-refractivity contribution in [1.29, 1.82) is 0 Å². The Bertz CT molecular complexity index is 402. The molecule has 2 rings (SSSR count). The fourth-order valence-corrected chi connectivity index (χ4v) is 1.66. The van der Waals surface area contributed by atoms with E-state index in [1.54, 1.807) is 17.3 Å². The van der Waals surface area contributed by atoms with E-state index < -0.39 is 0 Å². The van der Waals surface area contributed by atoms with Gasteiger partial charge in [-0.15, -0.1) is 0 Å². The molecule has 0 saturated carbocycles. The zero-order chi connectivity index (χ0) is 11.5. The van der Waals surface area contributed by atoms with Crippen LogP contribution >= 0.6 is 0 Å². The molecule has 1 aromatic rings. The highest BCUT2D eigenvalue weighted by Gasteiger charge is 2.18. The van der Waals surface area contributed by atoms with E-state index in [-0.39, 0.29) is 5.91 Å². The number of carbonyl (C=O) groups excluding carboxylic acids is 1. The van der Waals surface area contributed by atoms with E-state index in [0.29, 0.717) is 6.54 Å². The van der Waals surface area contributed by atoms with E-state index >= 15 is 0 Å². The molecule has 0 radical (unpaired) electrons. The third-order valence-corrected chi connectivity index (χ3v) is 2.85. The van der Waals surface area contributed by atoms with Crippen molar-refractivity contribution in [1.82, 2.24) is 20.4 Å². The standard InChI is InChI=1S/C11H16N4O/c1-8(10-5-12-6-10)11(16)15(2)7-9-3-13-14-4-9/h3-4,12H,5-7H2,1-2H3,(H,13,14). The maximum atomic E-state index is 12.0. The molecule has 0 aromatic carbocycles. The highest BCUT2D eigenvalue weighted by atomic mass is 16.2. The lowest BCUT2D eigenvalue weighted by atomic mass is 10.0. The number of H-pyrrole nitrogens is 1. The lowest BCUT2D eigenvalue weighted by Gasteiger charge is -2.24. The molecule has 2 heterocycles. The summed E-state index contributed by atoms with van der Waals surface area (Å²) in [6.45, 7) is 4.17. The van der Waals surface area contributed by atoms with Gasteiger partial charge in [-0.1, -0.05) is 0 Å². The van der Waals surface area contributed by atoms with Crippen molar-refractivity contribution in [2.75, 3.05) is 20.1 Å². The smallest absolute Gasteiger partial charge is 0.249 e. The number of rotatable bonds is 3. The van der Waals surface area contributed by atoms with Gasteiger partial charge in [0.1, 0.15) is 0 Å². The molecule has 1 aromatic heterocycles. The van der Waals surface area contributed by atoms with Crippen molar-refractivity contribution in [3.63, 3.8) is 0 Å². The lowest BCUT2D eigenvalue weighted by molar-refractivity contribution is -0.126. The van der Waals surface area contributed by atoms with Crippen molar-refractivity contribution >= 4 is 5.91 Å². The number of aromatic nitrogens is 2. The molecule has 0 aliphatic carbocycles. The monoisotopic (exact) mass is 220 g/mol. The Morgan fingerprint density at radius 1 is 1.56 bits per heavy atom. The summed E-state index contributed by atoms with van der Waals surface area (Å²) in [7, 11) is 1.81. The second kappa shape index (κ2) is 4.49. The predicted molar refractivity (Wildman–Crippen MR) is 60.6 cm³/mol. The quantitative estimate of drug-likeness (QED) is 0.720. The van der Waals surface area contributed by atoms with Crippen molar-refractivity contribution in [3.05, 3.63) is 29.1 Å². The van der Waals surface area contributed by atoms with Crippen molar-refractivity contribution in [2.24, 2.45) is 0 Å². The summed E-state index contributed by atoms with van der Waals surface area (Å²) >= 11 is 0. The molecule has 5 nitrogen and oxygen atoms in total. The minimum Gasteiger partial charge on any atom is -0.338 e. The largest absolute Gasteiger partial charge is 0.338 e. The van der Waals surface area contributed by atoms with Gasteiger partial charge in [0.2, 0.25) is 5.91 Å². The molecule has 1 fully saturated rings. The van der Waals surface area contributed by atoms with E-state index in [1.807, 2.05) is 14.0 Å². The number of hydrogen-bond donors (Lipinski definition) is 2. The number of carbonyl (C=O) groups is 1. The van der Waals surface area contributed by atoms with E-state index in [4.69, 9.17) is 0 Å². The van der Waals surface area contributed by atoms with Crippen molar-refractivity contribution in [2.45, 2.75) is 13.5 Å². The van der Waals surface area contributed by atoms with E-state index in [2.05, 4.69) is 15.5 Å². The number of nitrogens with one attached hydrogen (secondary N) is 2. The summed E-state index contributed by atoms with van der Waals surface area (Å²) in [5, 5.41) is 9.73. The van der Waals surface area contributed by atoms with Gasteiger partial charge < -0.3 is 10.2 Å². The predicted octanol–water partition coefficient (Wildman–Crippen LogP) is 0.288. The normalized spacial score (nSPS) is 14.5. The molecule has 86 valence electrons. The van der Waals surface area contributed by atoms with Gasteiger partial charge >= 0.3 is 0 Å². The highest BCUT2D eigenvalue weighted by molar-refractivity contribution is 5.93. The van der Waals surface area contributed by atoms with Crippen molar-refractivity contribution in [3.8, 4) is 0 Å². The van der Waals surface area contributed by atoms with Crippen LogP contribution in [0.1, 0.15) is 12.5 Å². The molecular weight excluding hydrogens is 204 g/mol. The molecular formula is C11H16N4O. The summed E-state index contributed by atoms with van der Waals surface area (Å²) in [5.74, 6) is 0.0951. The second-order valence-electron chi connectivity index (χ2n) is 4.10. The second-order valence-corrected chi connectivity index (χ2v) is 4.10. The molecule has 0 spiro atoms. The van der Waals surface area contributed by atoms with Gasteiger partial charge in [0.05, 0.1) is 6.20 Å². The number of likely N-dealkylation sites (N-methyl/N-ethyl adjacent to an activating group) is 1. The lowest BCUT2D eigenvalue weighted by Crippen LogP contribution is -2.38. The maximum Gasteiger partial charge on any atom is 0.249 e. The third-order valence-electron chi connectivity index (χ3n) is 2.85. The fourth-order valence-electron chi connectivity index (χ4n) is 1.66. The first-order valence-electron chi connectivity index (χ1n) is 5.31. The Hall–Kier alpha value is -1.62. The number of aromatic amines is 1. The molecule has 1 aliphatic heterocycles. The first-order chi connectivity index (χ1) is 7.68. The number of nitrogens with zero attached hydrogens (tertiary/aromatic N) is 2. The van der Waals surface area contributed by atoms with Gasteiger partial charge in [-0.25, -0.2) is 0 Å². The molecule has 16 heavy (non-hydrogen) atoms. The number of amides is 1. The Morgan fingerprint density at radius 2 is 2.31 bits per heavy atom. The first kappa shape index (κ1) is 10.9. The van der Waals surface area contributed by atoms with Crippen LogP contribution < -0.4 is 5.32 Å². The number of hydrogen-bond acceptors (Lipinski definition) is 3. The average Bonchev–Trinajstić information content (AvgIpc) is 2.66. The van der Waals surface area contributed by atoms with Crippen LogP contribution in [0.5, 0.6) is 0 Å². The van der Waals surface area contributed by atoms with Gasteiger partial charge in [-0.3, -0.25) is 9.89 Å². The summed E-state index contributed by atoms with van der Waals surface area (Å²) in [4.78, 5) is 13.7. The van der Waals surface area contributed by atoms with Crippen LogP contribution in [0.4, 0.5) is 0 Å². The zero-order valence-electron chi connectivity index (χ0n) is 9.58. The average molecular weight is 220 g/mol. The Balaban J connectivity index is 1.99. The van der Waals surface area contributed by atoms with Crippen LogP contribution in [-0.4, -0.2) is 41.1 Å². The minimum absolute atomic E-state index is 0.0951. The fraction of sp³-hybridized carbons (Fsp3) is 0.455. The van der Waals surface area contributed by atoms with Gasteiger partial charge in [0.15, 0.2) is 0 Å². The van der Waals surface area contributed by atoms with Crippen LogP contribution in [0.3, 0.4) is 0 Å². The summed E-state index contributed by atoms with van der Waals surface area (Å²) in [6.07, 6.45) is 3.54. The zero-order valence-corrected chi connectivity index (χ0v) is 9.58. The van der Waals surface area contributed by atoms with Crippen LogP contribution in [0.2, 0.25) is 0 Å². The molecule has 5 heteroatoms. The van der Waals surface area contributed by atoms with Gasteiger partial charge in [0.25, 0.3) is 0 Å². The maximum absolute atomic E-state index is 12.0. The third kappa shape index (κ3) is 2.14. The summed E-state index contributed by atoms with van der Waals surface area (Å²) in [5.41, 5.74) is 3.09. The molecule has 0 bridgehead atoms. The molecule has 0 unspecified atom stereocenters.